The van der Waals surface area contributed by atoms with Crippen molar-refractivity contribution in [3.8, 4) is 6.07 Å². The molecule has 0 aliphatic heterocycles. The molecule has 1 aromatic carbocycles. The van der Waals surface area contributed by atoms with Crippen molar-refractivity contribution in [2.75, 3.05) is 5.32 Å². The van der Waals surface area contributed by atoms with Gasteiger partial charge in [-0.05, 0) is 24.3 Å². The lowest BCUT2D eigenvalue weighted by Crippen LogP contribution is -2.11. The Balaban J connectivity index is 1.99. The monoisotopic (exact) mass is 263 g/mol. The fourth-order valence-electron chi connectivity index (χ4n) is 1.89. The Morgan fingerprint density at radius 1 is 1.20 bits per heavy atom. The molecule has 0 aliphatic carbocycles. The Morgan fingerprint density at radius 3 is 2.75 bits per heavy atom. The lowest BCUT2D eigenvalue weighted by Gasteiger charge is -2.01. The fourth-order valence-corrected chi connectivity index (χ4v) is 1.89. The highest BCUT2D eigenvalue weighted by molar-refractivity contribution is 6.05. The van der Waals surface area contributed by atoms with Crippen LogP contribution in [-0.2, 0) is 0 Å². The standard InChI is InChI=1S/C15H9N3O2/c16-9-11-13-12(7-4-8-17-13)20-15(11)18-14(19)10-5-2-1-3-6-10/h1-8H,(H,18,19). The molecule has 0 radical (unpaired) electrons. The first kappa shape index (κ1) is 11.9. The van der Waals surface area contributed by atoms with Crippen LogP contribution in [0.2, 0.25) is 0 Å². The van der Waals surface area contributed by atoms with E-state index in [1.54, 1.807) is 42.6 Å². The van der Waals surface area contributed by atoms with Crippen LogP contribution in [0.4, 0.5) is 5.88 Å². The molecule has 5 nitrogen and oxygen atoms in total. The highest BCUT2D eigenvalue weighted by atomic mass is 16.4. The van der Waals surface area contributed by atoms with Gasteiger partial charge in [-0.15, -0.1) is 0 Å². The Hall–Kier alpha value is -3.13. The number of anilines is 1. The third kappa shape index (κ3) is 1.99. The van der Waals surface area contributed by atoms with Crippen LogP contribution >= 0.6 is 0 Å². The summed E-state index contributed by atoms with van der Waals surface area (Å²) >= 11 is 0. The van der Waals surface area contributed by atoms with Crippen molar-refractivity contribution < 1.29 is 9.21 Å². The van der Waals surface area contributed by atoms with Gasteiger partial charge in [0.25, 0.3) is 5.91 Å². The van der Waals surface area contributed by atoms with Crippen LogP contribution in [-0.4, -0.2) is 10.9 Å². The molecule has 96 valence electrons. The summed E-state index contributed by atoms with van der Waals surface area (Å²) < 4.78 is 5.47. The van der Waals surface area contributed by atoms with Crippen molar-refractivity contribution >= 4 is 22.9 Å². The van der Waals surface area contributed by atoms with E-state index in [1.165, 1.54) is 0 Å². The van der Waals surface area contributed by atoms with Crippen molar-refractivity contribution in [3.63, 3.8) is 0 Å². The van der Waals surface area contributed by atoms with E-state index in [2.05, 4.69) is 10.3 Å². The number of fused-ring (bicyclic) bond motifs is 1. The second kappa shape index (κ2) is 4.86. The lowest BCUT2D eigenvalue weighted by molar-refractivity contribution is 0.102. The smallest absolute Gasteiger partial charge is 0.258 e. The largest absolute Gasteiger partial charge is 0.437 e. The second-order valence-electron chi connectivity index (χ2n) is 4.09. The van der Waals surface area contributed by atoms with Crippen LogP contribution in [0.1, 0.15) is 15.9 Å². The molecule has 0 saturated carbocycles. The molecule has 3 aromatic rings. The topological polar surface area (TPSA) is 78.9 Å². The summed E-state index contributed by atoms with van der Waals surface area (Å²) in [5.41, 5.74) is 1.63. The van der Waals surface area contributed by atoms with Crippen LogP contribution in [0.15, 0.2) is 53.1 Å². The number of carbonyl (C=O) groups is 1. The second-order valence-corrected chi connectivity index (χ2v) is 4.09. The zero-order valence-electron chi connectivity index (χ0n) is 10.3. The first-order valence-corrected chi connectivity index (χ1v) is 5.93. The van der Waals surface area contributed by atoms with Crippen LogP contribution in [0.3, 0.4) is 0 Å². The third-order valence-electron chi connectivity index (χ3n) is 2.82. The number of nitriles is 1. The molecule has 0 unspecified atom stereocenters. The van der Waals surface area contributed by atoms with Crippen molar-refractivity contribution in [2.24, 2.45) is 0 Å². The molecule has 2 heterocycles. The van der Waals surface area contributed by atoms with Gasteiger partial charge < -0.3 is 4.42 Å². The summed E-state index contributed by atoms with van der Waals surface area (Å²) in [6.45, 7) is 0. The van der Waals surface area contributed by atoms with Gasteiger partial charge in [0.1, 0.15) is 17.1 Å². The fraction of sp³-hybridized carbons (Fsp3) is 0. The van der Waals surface area contributed by atoms with Crippen LogP contribution in [0.25, 0.3) is 11.1 Å². The molecule has 0 bridgehead atoms. The number of benzene rings is 1. The summed E-state index contributed by atoms with van der Waals surface area (Å²) in [7, 11) is 0. The van der Waals surface area contributed by atoms with Crippen LogP contribution in [0.5, 0.6) is 0 Å². The highest BCUT2D eigenvalue weighted by Crippen LogP contribution is 2.27. The zero-order chi connectivity index (χ0) is 13.9. The molecule has 20 heavy (non-hydrogen) atoms. The highest BCUT2D eigenvalue weighted by Gasteiger charge is 2.17. The quantitative estimate of drug-likeness (QED) is 0.770. The summed E-state index contributed by atoms with van der Waals surface area (Å²) in [6.07, 6.45) is 1.57. The van der Waals surface area contributed by atoms with E-state index in [-0.39, 0.29) is 17.4 Å². The van der Waals surface area contributed by atoms with Crippen LogP contribution < -0.4 is 5.32 Å². The van der Waals surface area contributed by atoms with Crippen molar-refractivity contribution in [3.05, 3.63) is 59.8 Å². The van der Waals surface area contributed by atoms with Gasteiger partial charge in [0, 0.05) is 11.8 Å². The number of hydrogen-bond donors (Lipinski definition) is 1. The Labute approximate surface area is 114 Å². The SMILES string of the molecule is N#Cc1c(NC(=O)c2ccccc2)oc2cccnc12. The number of carbonyl (C=O) groups excluding carboxylic acids is 1. The summed E-state index contributed by atoms with van der Waals surface area (Å²) in [4.78, 5) is 16.1. The molecule has 1 amide bonds. The molecular formula is C15H9N3O2. The number of amides is 1. The van der Waals surface area contributed by atoms with Gasteiger partial charge in [0.05, 0.1) is 0 Å². The minimum atomic E-state index is -0.332. The molecule has 0 atom stereocenters. The van der Waals surface area contributed by atoms with Gasteiger partial charge >= 0.3 is 0 Å². The Morgan fingerprint density at radius 2 is 2.00 bits per heavy atom. The van der Waals surface area contributed by atoms with E-state index in [9.17, 15) is 10.1 Å². The van der Waals surface area contributed by atoms with Crippen molar-refractivity contribution in [2.45, 2.75) is 0 Å². The molecule has 3 rings (SSSR count). The predicted octanol–water partition coefficient (Wildman–Crippen LogP) is 2.95. The van der Waals surface area contributed by atoms with Crippen LogP contribution in [0, 0.1) is 11.3 Å². The minimum absolute atomic E-state index is 0.120. The van der Waals surface area contributed by atoms with Gasteiger partial charge in [-0.1, -0.05) is 18.2 Å². The molecular weight excluding hydrogens is 254 g/mol. The van der Waals surface area contributed by atoms with E-state index in [4.69, 9.17) is 4.42 Å². The van der Waals surface area contributed by atoms with Gasteiger partial charge in [-0.3, -0.25) is 15.1 Å². The van der Waals surface area contributed by atoms with Crippen molar-refractivity contribution in [1.29, 1.82) is 5.26 Å². The molecule has 0 saturated heterocycles. The first-order valence-electron chi connectivity index (χ1n) is 5.93. The average molecular weight is 263 g/mol. The number of nitrogens with zero attached hydrogens (tertiary/aromatic N) is 2. The normalized spacial score (nSPS) is 10.2. The number of aromatic nitrogens is 1. The van der Waals surface area contributed by atoms with Gasteiger partial charge in [0.2, 0.25) is 5.88 Å². The molecule has 0 spiro atoms. The van der Waals surface area contributed by atoms with E-state index in [1.807, 2.05) is 12.1 Å². The molecule has 2 aromatic heterocycles. The molecule has 0 fully saturated rings. The predicted molar refractivity (Wildman–Crippen MR) is 73.1 cm³/mol. The van der Waals surface area contributed by atoms with Gasteiger partial charge in [-0.2, -0.15) is 5.26 Å². The maximum atomic E-state index is 12.1. The van der Waals surface area contributed by atoms with E-state index in [0.29, 0.717) is 16.7 Å². The number of hydrogen-bond acceptors (Lipinski definition) is 4. The Bertz CT molecular complexity index is 816. The number of furan rings is 1. The number of pyridine rings is 1. The van der Waals surface area contributed by atoms with E-state index in [0.717, 1.165) is 0 Å². The zero-order valence-corrected chi connectivity index (χ0v) is 10.3. The molecule has 5 heteroatoms. The molecule has 1 N–H and O–H groups in total. The maximum absolute atomic E-state index is 12.1. The van der Waals surface area contributed by atoms with E-state index < -0.39 is 0 Å². The van der Waals surface area contributed by atoms with Gasteiger partial charge in [0.15, 0.2) is 5.58 Å². The number of rotatable bonds is 2. The first-order chi connectivity index (χ1) is 9.79. The summed E-state index contributed by atoms with van der Waals surface area (Å²) in [6, 6.07) is 14.1. The maximum Gasteiger partial charge on any atom is 0.258 e. The Kier molecular flexibility index (Phi) is 2.90. The van der Waals surface area contributed by atoms with E-state index >= 15 is 0 Å². The minimum Gasteiger partial charge on any atom is -0.437 e. The summed E-state index contributed by atoms with van der Waals surface area (Å²) in [5, 5.41) is 11.8. The van der Waals surface area contributed by atoms with Gasteiger partial charge in [-0.25, -0.2) is 0 Å². The number of nitrogens with one attached hydrogen (secondary N) is 1. The average Bonchev–Trinajstić information content (AvgIpc) is 2.85. The third-order valence-corrected chi connectivity index (χ3v) is 2.82. The molecule has 0 aliphatic rings. The van der Waals surface area contributed by atoms with Crippen molar-refractivity contribution in [1.82, 2.24) is 4.98 Å². The lowest BCUT2D eigenvalue weighted by atomic mass is 10.2. The summed E-state index contributed by atoms with van der Waals surface area (Å²) in [5.74, 6) is -0.212.